The van der Waals surface area contributed by atoms with Gasteiger partial charge in [-0.1, -0.05) is 18.7 Å². The van der Waals surface area contributed by atoms with E-state index in [4.69, 9.17) is 5.73 Å². The highest BCUT2D eigenvalue weighted by atomic mass is 32.2. The van der Waals surface area contributed by atoms with Crippen LogP contribution in [0.25, 0.3) is 0 Å². The van der Waals surface area contributed by atoms with Crippen molar-refractivity contribution in [2.45, 2.75) is 38.5 Å². The summed E-state index contributed by atoms with van der Waals surface area (Å²) in [4.78, 5) is 22.1. The number of nitrogens with zero attached hydrogens (tertiary/aromatic N) is 3. The monoisotopic (exact) mass is 286 g/mol. The summed E-state index contributed by atoms with van der Waals surface area (Å²) >= 11 is 1.25. The maximum atomic E-state index is 11.4. The highest BCUT2D eigenvalue weighted by Crippen LogP contribution is 2.17. The molecule has 9 heteroatoms. The van der Waals surface area contributed by atoms with E-state index in [0.717, 1.165) is 13.0 Å². The number of carbonyl (C=O) groups is 2. The van der Waals surface area contributed by atoms with Gasteiger partial charge in [-0.15, -0.1) is 10.2 Å². The van der Waals surface area contributed by atoms with Crippen molar-refractivity contribution in [3.05, 3.63) is 5.82 Å². The van der Waals surface area contributed by atoms with Crippen LogP contribution in [0.3, 0.4) is 0 Å². The zero-order valence-corrected chi connectivity index (χ0v) is 11.8. The largest absolute Gasteiger partial charge is 0.324 e. The van der Waals surface area contributed by atoms with Crippen LogP contribution in [-0.4, -0.2) is 32.3 Å². The van der Waals surface area contributed by atoms with Crippen LogP contribution >= 0.6 is 11.8 Å². The van der Waals surface area contributed by atoms with Crippen molar-refractivity contribution >= 4 is 23.6 Å². The molecule has 0 fully saturated rings. The first-order valence-electron chi connectivity index (χ1n) is 5.88. The standard InChI is InChI=1S/C10H18N6O2S/c1-3-4-16-8(5-11)13-15-10(16)19-6-9(18)14-12-7(2)17/h3-6,11H2,1-2H3,(H,12,17)(H,14,18). The second-order valence-electron chi connectivity index (χ2n) is 3.77. The molecule has 19 heavy (non-hydrogen) atoms. The summed E-state index contributed by atoms with van der Waals surface area (Å²) < 4.78 is 1.90. The molecule has 1 aromatic heterocycles. The number of hydrogen-bond donors (Lipinski definition) is 3. The zero-order valence-electron chi connectivity index (χ0n) is 11.0. The minimum atomic E-state index is -0.321. The third-order valence-corrected chi connectivity index (χ3v) is 3.10. The molecule has 0 bridgehead atoms. The molecule has 0 radical (unpaired) electrons. The predicted molar refractivity (Wildman–Crippen MR) is 70.9 cm³/mol. The molecule has 0 aliphatic heterocycles. The zero-order chi connectivity index (χ0) is 14.3. The molecule has 106 valence electrons. The molecule has 1 rings (SSSR count). The van der Waals surface area contributed by atoms with Gasteiger partial charge >= 0.3 is 0 Å². The highest BCUT2D eigenvalue weighted by Gasteiger charge is 2.12. The summed E-state index contributed by atoms with van der Waals surface area (Å²) in [6.07, 6.45) is 0.927. The van der Waals surface area contributed by atoms with Crippen molar-refractivity contribution in [3.8, 4) is 0 Å². The van der Waals surface area contributed by atoms with Crippen LogP contribution in [0, 0.1) is 0 Å². The van der Waals surface area contributed by atoms with E-state index in [0.29, 0.717) is 17.5 Å². The second kappa shape index (κ2) is 7.74. The molecule has 0 aliphatic carbocycles. The van der Waals surface area contributed by atoms with E-state index in [2.05, 4.69) is 21.0 Å². The topological polar surface area (TPSA) is 115 Å². The van der Waals surface area contributed by atoms with E-state index < -0.39 is 0 Å². The van der Waals surface area contributed by atoms with Crippen molar-refractivity contribution in [2.75, 3.05) is 5.75 Å². The Kier molecular flexibility index (Phi) is 6.30. The maximum Gasteiger partial charge on any atom is 0.248 e. The van der Waals surface area contributed by atoms with Crippen LogP contribution in [0.4, 0.5) is 0 Å². The smallest absolute Gasteiger partial charge is 0.248 e. The number of nitrogens with one attached hydrogen (secondary N) is 2. The first-order chi connectivity index (χ1) is 9.08. The lowest BCUT2D eigenvalue weighted by atomic mass is 10.4. The van der Waals surface area contributed by atoms with Crippen LogP contribution in [0.1, 0.15) is 26.1 Å². The lowest BCUT2D eigenvalue weighted by Gasteiger charge is -2.07. The quantitative estimate of drug-likeness (QED) is 0.475. The SMILES string of the molecule is CCCn1c(CN)nnc1SCC(=O)NNC(C)=O. The number of amides is 2. The summed E-state index contributed by atoms with van der Waals surface area (Å²) in [5, 5.41) is 8.63. The van der Waals surface area contributed by atoms with Gasteiger partial charge in [0.15, 0.2) is 5.16 Å². The van der Waals surface area contributed by atoms with E-state index in [1.807, 2.05) is 11.5 Å². The van der Waals surface area contributed by atoms with Gasteiger partial charge in [-0.05, 0) is 6.42 Å². The van der Waals surface area contributed by atoms with Crippen LogP contribution < -0.4 is 16.6 Å². The van der Waals surface area contributed by atoms with Gasteiger partial charge in [0, 0.05) is 13.5 Å². The molecule has 4 N–H and O–H groups in total. The van der Waals surface area contributed by atoms with Crippen molar-refractivity contribution in [3.63, 3.8) is 0 Å². The Morgan fingerprint density at radius 3 is 2.68 bits per heavy atom. The lowest BCUT2D eigenvalue weighted by molar-refractivity contribution is -0.126. The molecule has 1 aromatic rings. The molecule has 0 atom stereocenters. The number of hydrazine groups is 1. The van der Waals surface area contributed by atoms with Crippen LogP contribution in [0.5, 0.6) is 0 Å². The summed E-state index contributed by atoms with van der Waals surface area (Å²) in [6.45, 7) is 4.43. The third kappa shape index (κ3) is 4.87. The first-order valence-corrected chi connectivity index (χ1v) is 6.87. The Hall–Kier alpha value is -1.61. The second-order valence-corrected chi connectivity index (χ2v) is 4.72. The van der Waals surface area contributed by atoms with E-state index in [-0.39, 0.29) is 17.6 Å². The summed E-state index contributed by atoms with van der Waals surface area (Å²) in [6, 6.07) is 0. The van der Waals surface area contributed by atoms with Crippen LogP contribution in [0.15, 0.2) is 5.16 Å². The fraction of sp³-hybridized carbons (Fsp3) is 0.600. The molecule has 0 saturated heterocycles. The number of carbonyl (C=O) groups excluding carboxylic acids is 2. The average Bonchev–Trinajstić information content (AvgIpc) is 2.76. The van der Waals surface area contributed by atoms with Crippen molar-refractivity contribution in [1.29, 1.82) is 0 Å². The Labute approximate surface area is 115 Å². The minimum absolute atomic E-state index is 0.146. The fourth-order valence-electron chi connectivity index (χ4n) is 1.35. The van der Waals surface area contributed by atoms with Gasteiger partial charge in [0.1, 0.15) is 5.82 Å². The molecule has 1 heterocycles. The van der Waals surface area contributed by atoms with Crippen LogP contribution in [-0.2, 0) is 22.7 Å². The Balaban J connectivity index is 2.54. The Morgan fingerprint density at radius 1 is 1.37 bits per heavy atom. The average molecular weight is 286 g/mol. The molecular formula is C10H18N6O2S. The van der Waals surface area contributed by atoms with Gasteiger partial charge in [0.05, 0.1) is 12.3 Å². The van der Waals surface area contributed by atoms with Crippen molar-refractivity contribution in [2.24, 2.45) is 5.73 Å². The molecular weight excluding hydrogens is 268 g/mol. The minimum Gasteiger partial charge on any atom is -0.324 e. The molecule has 0 unspecified atom stereocenters. The van der Waals surface area contributed by atoms with E-state index in [1.165, 1.54) is 18.7 Å². The fourth-order valence-corrected chi connectivity index (χ4v) is 2.13. The van der Waals surface area contributed by atoms with Gasteiger partial charge in [-0.25, -0.2) is 0 Å². The maximum absolute atomic E-state index is 11.4. The van der Waals surface area contributed by atoms with Crippen molar-refractivity contribution < 1.29 is 9.59 Å². The van der Waals surface area contributed by atoms with Crippen LogP contribution in [0.2, 0.25) is 0 Å². The predicted octanol–water partition coefficient (Wildman–Crippen LogP) is -0.594. The molecule has 0 aromatic carbocycles. The number of hydrogen-bond acceptors (Lipinski definition) is 6. The van der Waals surface area contributed by atoms with Crippen molar-refractivity contribution in [1.82, 2.24) is 25.6 Å². The lowest BCUT2D eigenvalue weighted by Crippen LogP contribution is -2.41. The van der Waals surface area contributed by atoms with Gasteiger partial charge in [-0.3, -0.25) is 20.4 Å². The number of rotatable bonds is 6. The molecule has 0 spiro atoms. The van der Waals surface area contributed by atoms with E-state index >= 15 is 0 Å². The van der Waals surface area contributed by atoms with Gasteiger partial charge in [0.25, 0.3) is 0 Å². The molecule has 0 saturated carbocycles. The molecule has 2 amide bonds. The number of thioether (sulfide) groups is 1. The highest BCUT2D eigenvalue weighted by molar-refractivity contribution is 7.99. The number of nitrogens with two attached hydrogens (primary N) is 1. The summed E-state index contributed by atoms with van der Waals surface area (Å²) in [5.41, 5.74) is 10.1. The normalized spacial score (nSPS) is 10.3. The van der Waals surface area contributed by atoms with E-state index in [9.17, 15) is 9.59 Å². The molecule has 0 aliphatic rings. The van der Waals surface area contributed by atoms with Gasteiger partial charge in [0.2, 0.25) is 11.8 Å². The Morgan fingerprint density at radius 2 is 2.11 bits per heavy atom. The number of aromatic nitrogens is 3. The molecule has 8 nitrogen and oxygen atoms in total. The van der Waals surface area contributed by atoms with Gasteiger partial charge < -0.3 is 10.3 Å². The van der Waals surface area contributed by atoms with Gasteiger partial charge in [-0.2, -0.15) is 0 Å². The Bertz CT molecular complexity index is 447. The summed E-state index contributed by atoms with van der Waals surface area (Å²) in [5.74, 6) is 0.220. The summed E-state index contributed by atoms with van der Waals surface area (Å²) in [7, 11) is 0. The van der Waals surface area contributed by atoms with E-state index in [1.54, 1.807) is 0 Å². The first kappa shape index (κ1) is 15.4. The third-order valence-electron chi connectivity index (χ3n) is 2.13.